The zero-order valence-corrected chi connectivity index (χ0v) is 21.7. The van der Waals surface area contributed by atoms with Gasteiger partial charge in [-0.05, 0) is 43.8 Å². The number of fused-ring (bicyclic) bond motifs is 3. The lowest BCUT2D eigenvalue weighted by molar-refractivity contribution is 0.385. The maximum atomic E-state index is 13.4. The van der Waals surface area contributed by atoms with E-state index in [4.69, 9.17) is 9.97 Å². The Balaban J connectivity index is 1.35. The Morgan fingerprint density at radius 2 is 1.92 bits per heavy atom. The number of rotatable bonds is 6. The number of anilines is 2. The highest BCUT2D eigenvalue weighted by Gasteiger charge is 2.24. The van der Waals surface area contributed by atoms with Gasteiger partial charge in [0.25, 0.3) is 5.56 Å². The summed E-state index contributed by atoms with van der Waals surface area (Å²) in [6.45, 7) is 6.08. The molecule has 0 unspecified atom stereocenters. The molecule has 196 valence electrons. The van der Waals surface area contributed by atoms with Crippen molar-refractivity contribution in [2.75, 3.05) is 25.5 Å². The summed E-state index contributed by atoms with van der Waals surface area (Å²) in [6.07, 6.45) is 7.92. The fourth-order valence-corrected chi connectivity index (χ4v) is 5.39. The number of pyridine rings is 1. The molecular formula is C27H27N11O. The third kappa shape index (κ3) is 3.79. The summed E-state index contributed by atoms with van der Waals surface area (Å²) in [6, 6.07) is 10.1. The van der Waals surface area contributed by atoms with Crippen molar-refractivity contribution >= 4 is 44.6 Å². The van der Waals surface area contributed by atoms with Gasteiger partial charge < -0.3 is 10.2 Å². The molecule has 1 saturated heterocycles. The van der Waals surface area contributed by atoms with Crippen LogP contribution in [0, 0.1) is 0 Å². The van der Waals surface area contributed by atoms with E-state index in [0.717, 1.165) is 47.1 Å². The van der Waals surface area contributed by atoms with Gasteiger partial charge in [0, 0.05) is 42.8 Å². The van der Waals surface area contributed by atoms with Gasteiger partial charge in [-0.2, -0.15) is 15.2 Å². The number of nitrogens with one attached hydrogen (secondary N) is 1. The van der Waals surface area contributed by atoms with Gasteiger partial charge in [0.05, 0.1) is 30.5 Å². The maximum Gasteiger partial charge on any atom is 0.278 e. The molecule has 0 spiro atoms. The second kappa shape index (κ2) is 8.88. The topological polar surface area (TPSA) is 117 Å². The van der Waals surface area contributed by atoms with Crippen molar-refractivity contribution in [1.82, 2.24) is 48.8 Å². The van der Waals surface area contributed by atoms with E-state index in [2.05, 4.69) is 39.0 Å². The molecule has 0 saturated carbocycles. The summed E-state index contributed by atoms with van der Waals surface area (Å²) in [5.74, 6) is 0.946. The third-order valence-electron chi connectivity index (χ3n) is 7.34. The lowest BCUT2D eigenvalue weighted by Crippen LogP contribution is -2.22. The molecule has 5 aromatic heterocycles. The molecule has 0 amide bonds. The fraction of sp³-hybridized carbons (Fsp3) is 0.259. The van der Waals surface area contributed by atoms with Gasteiger partial charge >= 0.3 is 0 Å². The van der Waals surface area contributed by atoms with Crippen molar-refractivity contribution in [2.24, 2.45) is 7.05 Å². The smallest absolute Gasteiger partial charge is 0.278 e. The predicted molar refractivity (Wildman–Crippen MR) is 150 cm³/mol. The Labute approximate surface area is 222 Å². The van der Waals surface area contributed by atoms with Crippen molar-refractivity contribution in [2.45, 2.75) is 19.0 Å². The number of hydrogen-bond donors (Lipinski definition) is 1. The summed E-state index contributed by atoms with van der Waals surface area (Å²) in [4.78, 5) is 29.9. The third-order valence-corrected chi connectivity index (χ3v) is 7.34. The highest BCUT2D eigenvalue weighted by molar-refractivity contribution is 5.84. The van der Waals surface area contributed by atoms with Gasteiger partial charge in [0.15, 0.2) is 17.1 Å². The van der Waals surface area contributed by atoms with Crippen LogP contribution in [0.1, 0.15) is 12.5 Å². The number of likely N-dealkylation sites (tertiary alicyclic amines) is 1. The average Bonchev–Trinajstić information content (AvgIpc) is 3.70. The maximum absolute atomic E-state index is 13.4. The number of likely N-dealkylation sites (N-methyl/N-ethyl adjacent to an activating group) is 1. The van der Waals surface area contributed by atoms with Crippen LogP contribution in [-0.2, 0) is 13.6 Å². The minimum Gasteiger partial charge on any atom is -0.324 e. The van der Waals surface area contributed by atoms with Crippen LogP contribution in [0.5, 0.6) is 0 Å². The van der Waals surface area contributed by atoms with Crippen LogP contribution in [0.3, 0.4) is 0 Å². The SMILES string of the molecule is C=CCn1c(=O)c2cnc(Nc3ccc4c(cnn4C)c3)nc2n1-c1ccc2cnn([C@@H]3CCN(C)C3)c2n1. The first kappa shape index (κ1) is 23.3. The quantitative estimate of drug-likeness (QED) is 0.333. The van der Waals surface area contributed by atoms with Gasteiger partial charge in [-0.25, -0.2) is 24.0 Å². The van der Waals surface area contributed by atoms with E-state index in [9.17, 15) is 4.79 Å². The largest absolute Gasteiger partial charge is 0.324 e. The molecule has 1 aromatic carbocycles. The lowest BCUT2D eigenvalue weighted by Gasteiger charge is -2.14. The summed E-state index contributed by atoms with van der Waals surface area (Å²) in [7, 11) is 4.02. The van der Waals surface area contributed by atoms with Crippen molar-refractivity contribution in [3.8, 4) is 5.82 Å². The van der Waals surface area contributed by atoms with Crippen LogP contribution in [0.2, 0.25) is 0 Å². The van der Waals surface area contributed by atoms with E-state index < -0.39 is 0 Å². The minimum absolute atomic E-state index is 0.207. The zero-order valence-electron chi connectivity index (χ0n) is 21.7. The molecule has 39 heavy (non-hydrogen) atoms. The van der Waals surface area contributed by atoms with Crippen LogP contribution in [0.25, 0.3) is 38.8 Å². The van der Waals surface area contributed by atoms with E-state index in [1.807, 2.05) is 59.1 Å². The highest BCUT2D eigenvalue weighted by atomic mass is 16.1. The van der Waals surface area contributed by atoms with Crippen molar-refractivity contribution in [3.05, 3.63) is 71.9 Å². The summed E-state index contributed by atoms with van der Waals surface area (Å²) < 4.78 is 7.15. The molecule has 7 rings (SSSR count). The van der Waals surface area contributed by atoms with Crippen LogP contribution in [-0.4, -0.2) is 68.9 Å². The van der Waals surface area contributed by atoms with Gasteiger partial charge in [-0.3, -0.25) is 9.48 Å². The molecule has 1 aliphatic rings. The second-order valence-electron chi connectivity index (χ2n) is 9.96. The first-order chi connectivity index (χ1) is 19.0. The number of aromatic nitrogens is 9. The second-order valence-corrected chi connectivity index (χ2v) is 9.96. The molecule has 6 aromatic rings. The van der Waals surface area contributed by atoms with Crippen LogP contribution in [0.15, 0.2) is 66.4 Å². The number of hydrogen-bond acceptors (Lipinski definition) is 8. The number of benzene rings is 1. The molecule has 12 heteroatoms. The van der Waals surface area contributed by atoms with Crippen LogP contribution in [0.4, 0.5) is 11.6 Å². The van der Waals surface area contributed by atoms with Gasteiger partial charge in [0.2, 0.25) is 5.95 Å². The van der Waals surface area contributed by atoms with Gasteiger partial charge in [-0.15, -0.1) is 6.58 Å². The molecular weight excluding hydrogens is 494 g/mol. The highest BCUT2D eigenvalue weighted by Crippen LogP contribution is 2.26. The molecule has 1 aliphatic heterocycles. The van der Waals surface area contributed by atoms with Gasteiger partial charge in [-0.1, -0.05) is 6.08 Å². The Morgan fingerprint density at radius 1 is 1.05 bits per heavy atom. The molecule has 1 atom stereocenters. The molecule has 1 N–H and O–H groups in total. The monoisotopic (exact) mass is 521 g/mol. The summed E-state index contributed by atoms with van der Waals surface area (Å²) in [5.41, 5.74) is 2.88. The molecule has 6 heterocycles. The summed E-state index contributed by atoms with van der Waals surface area (Å²) in [5, 5.41) is 14.6. The average molecular weight is 522 g/mol. The Kier molecular flexibility index (Phi) is 5.30. The predicted octanol–water partition coefficient (Wildman–Crippen LogP) is 3.02. The number of aryl methyl sites for hydroxylation is 1. The Hall–Kier alpha value is -4.84. The lowest BCUT2D eigenvalue weighted by atomic mass is 10.2. The molecule has 0 bridgehead atoms. The van der Waals surface area contributed by atoms with Crippen molar-refractivity contribution in [1.29, 1.82) is 0 Å². The molecule has 1 fully saturated rings. The van der Waals surface area contributed by atoms with Gasteiger partial charge in [0.1, 0.15) is 5.39 Å². The summed E-state index contributed by atoms with van der Waals surface area (Å²) >= 11 is 0. The van der Waals surface area contributed by atoms with Crippen LogP contribution < -0.4 is 10.9 Å². The molecule has 0 aliphatic carbocycles. The Bertz CT molecular complexity index is 1940. The fourth-order valence-electron chi connectivity index (χ4n) is 5.39. The zero-order chi connectivity index (χ0) is 26.7. The number of nitrogens with zero attached hydrogens (tertiary/aromatic N) is 10. The first-order valence-corrected chi connectivity index (χ1v) is 12.8. The Morgan fingerprint density at radius 3 is 2.74 bits per heavy atom. The van der Waals surface area contributed by atoms with E-state index in [0.29, 0.717) is 29.3 Å². The van der Waals surface area contributed by atoms with Crippen LogP contribution >= 0.6 is 0 Å². The molecule has 0 radical (unpaired) electrons. The van der Waals surface area contributed by atoms with Crippen molar-refractivity contribution < 1.29 is 0 Å². The molecule has 12 nitrogen and oxygen atoms in total. The van der Waals surface area contributed by atoms with E-state index in [-0.39, 0.29) is 11.6 Å². The first-order valence-electron chi connectivity index (χ1n) is 12.8. The van der Waals surface area contributed by atoms with E-state index in [1.165, 1.54) is 0 Å². The number of allylic oxidation sites excluding steroid dienone is 1. The van der Waals surface area contributed by atoms with E-state index in [1.54, 1.807) is 21.6 Å². The standard InChI is InChI=1S/C27H27N11O/c1-4-10-36-26(39)21-15-28-27(31-19-6-7-22-18(12-19)14-29-35(22)3)33-25(21)38(36)23-8-5-17-13-30-37(24(17)32-23)20-9-11-34(2)16-20/h4-8,12-15,20H,1,9-11,16H2,2-3H3,(H,28,31,33)/t20-/m1/s1. The van der Waals surface area contributed by atoms with E-state index >= 15 is 0 Å². The van der Waals surface area contributed by atoms with Crippen molar-refractivity contribution in [3.63, 3.8) is 0 Å². The normalized spacial score (nSPS) is 16.1. The minimum atomic E-state index is -0.207.